The van der Waals surface area contributed by atoms with Crippen molar-refractivity contribution >= 4 is 15.7 Å². The molecular weight excluding hydrogens is 276 g/mol. The van der Waals surface area contributed by atoms with E-state index in [2.05, 4.69) is 12.2 Å². The lowest BCUT2D eigenvalue weighted by atomic mass is 10.3. The molecular formula is C14H22N2O3S. The number of ether oxygens (including phenoxy) is 1. The van der Waals surface area contributed by atoms with Crippen LogP contribution in [0, 0.1) is 0 Å². The highest BCUT2D eigenvalue weighted by Crippen LogP contribution is 2.22. The molecule has 1 N–H and O–H groups in total. The minimum atomic E-state index is -3.42. The summed E-state index contributed by atoms with van der Waals surface area (Å²) in [5, 5.41) is 3.23. The molecule has 1 atom stereocenters. The third-order valence-electron chi connectivity index (χ3n) is 3.35. The molecule has 1 unspecified atom stereocenters. The van der Waals surface area contributed by atoms with Gasteiger partial charge in [0, 0.05) is 24.8 Å². The summed E-state index contributed by atoms with van der Waals surface area (Å²) in [4.78, 5) is 0.341. The summed E-state index contributed by atoms with van der Waals surface area (Å²) >= 11 is 0. The van der Waals surface area contributed by atoms with Gasteiger partial charge in [0.05, 0.1) is 18.1 Å². The molecule has 1 fully saturated rings. The van der Waals surface area contributed by atoms with Gasteiger partial charge in [-0.05, 0) is 37.6 Å². The van der Waals surface area contributed by atoms with Gasteiger partial charge < -0.3 is 10.1 Å². The van der Waals surface area contributed by atoms with E-state index in [1.165, 1.54) is 4.31 Å². The second-order valence-corrected chi connectivity index (χ2v) is 6.88. The lowest BCUT2D eigenvalue weighted by Crippen LogP contribution is -2.46. The van der Waals surface area contributed by atoms with Crippen molar-refractivity contribution in [2.75, 3.05) is 31.6 Å². The Kier molecular flexibility index (Phi) is 5.01. The van der Waals surface area contributed by atoms with Crippen LogP contribution in [0.15, 0.2) is 29.2 Å². The standard InChI is InChI=1S/C14H22N2O3S/c1-3-8-15-13-4-6-14(7-5-13)20(17,18)16-9-10-19-11-12(16)2/h4-7,12,15H,3,8-11H2,1-2H3. The summed E-state index contributed by atoms with van der Waals surface area (Å²) < 4.78 is 32.0. The number of hydrogen-bond acceptors (Lipinski definition) is 4. The maximum absolute atomic E-state index is 12.6. The number of sulfonamides is 1. The summed E-state index contributed by atoms with van der Waals surface area (Å²) in [5.74, 6) is 0. The first-order valence-corrected chi connectivity index (χ1v) is 8.43. The highest BCUT2D eigenvalue weighted by Gasteiger charge is 2.31. The fraction of sp³-hybridized carbons (Fsp3) is 0.571. The smallest absolute Gasteiger partial charge is 0.243 e. The van der Waals surface area contributed by atoms with Crippen LogP contribution in [0.25, 0.3) is 0 Å². The van der Waals surface area contributed by atoms with Crippen molar-refractivity contribution in [1.29, 1.82) is 0 Å². The van der Waals surface area contributed by atoms with E-state index in [1.807, 2.05) is 19.1 Å². The lowest BCUT2D eigenvalue weighted by Gasteiger charge is -2.32. The molecule has 5 nitrogen and oxygen atoms in total. The average Bonchev–Trinajstić information content (AvgIpc) is 2.46. The molecule has 0 aliphatic carbocycles. The quantitative estimate of drug-likeness (QED) is 0.902. The van der Waals surface area contributed by atoms with Gasteiger partial charge in [-0.15, -0.1) is 0 Å². The largest absolute Gasteiger partial charge is 0.385 e. The van der Waals surface area contributed by atoms with E-state index in [4.69, 9.17) is 4.74 Å². The van der Waals surface area contributed by atoms with Crippen LogP contribution in [-0.2, 0) is 14.8 Å². The molecule has 0 bridgehead atoms. The Morgan fingerprint density at radius 2 is 2.05 bits per heavy atom. The third-order valence-corrected chi connectivity index (χ3v) is 5.37. The number of rotatable bonds is 5. The zero-order valence-corrected chi connectivity index (χ0v) is 12.8. The Morgan fingerprint density at radius 1 is 1.35 bits per heavy atom. The van der Waals surface area contributed by atoms with Crippen LogP contribution < -0.4 is 5.32 Å². The summed E-state index contributed by atoms with van der Waals surface area (Å²) in [6, 6.07) is 6.83. The van der Waals surface area contributed by atoms with Gasteiger partial charge in [0.2, 0.25) is 10.0 Å². The van der Waals surface area contributed by atoms with Crippen LogP contribution in [0.2, 0.25) is 0 Å². The highest BCUT2D eigenvalue weighted by atomic mass is 32.2. The molecule has 20 heavy (non-hydrogen) atoms. The summed E-state index contributed by atoms with van der Waals surface area (Å²) in [6.07, 6.45) is 1.03. The first-order chi connectivity index (χ1) is 9.55. The molecule has 112 valence electrons. The fourth-order valence-electron chi connectivity index (χ4n) is 2.22. The van der Waals surface area contributed by atoms with Crippen LogP contribution in [0.1, 0.15) is 20.3 Å². The van der Waals surface area contributed by atoms with Gasteiger partial charge in [0.1, 0.15) is 0 Å². The normalized spacial score (nSPS) is 20.8. The molecule has 1 aliphatic heterocycles. The second kappa shape index (κ2) is 6.56. The third kappa shape index (κ3) is 3.31. The lowest BCUT2D eigenvalue weighted by molar-refractivity contribution is 0.0393. The van der Waals surface area contributed by atoms with Crippen LogP contribution in [0.3, 0.4) is 0 Å². The van der Waals surface area contributed by atoms with Crippen molar-refractivity contribution in [1.82, 2.24) is 4.31 Å². The number of anilines is 1. The Balaban J connectivity index is 2.16. The molecule has 6 heteroatoms. The van der Waals surface area contributed by atoms with E-state index in [-0.39, 0.29) is 6.04 Å². The van der Waals surface area contributed by atoms with Crippen LogP contribution in [-0.4, -0.2) is 45.1 Å². The molecule has 0 radical (unpaired) electrons. The number of morpholine rings is 1. The van der Waals surface area contributed by atoms with E-state index in [9.17, 15) is 8.42 Å². The molecule has 1 aromatic rings. The Morgan fingerprint density at radius 3 is 2.65 bits per heavy atom. The zero-order chi connectivity index (χ0) is 14.6. The van der Waals surface area contributed by atoms with Crippen molar-refractivity contribution in [3.8, 4) is 0 Å². The van der Waals surface area contributed by atoms with Crippen molar-refractivity contribution in [2.45, 2.75) is 31.2 Å². The zero-order valence-electron chi connectivity index (χ0n) is 12.0. The van der Waals surface area contributed by atoms with Crippen molar-refractivity contribution in [3.63, 3.8) is 0 Å². The van der Waals surface area contributed by atoms with E-state index in [0.29, 0.717) is 24.7 Å². The molecule has 1 saturated heterocycles. The topological polar surface area (TPSA) is 58.6 Å². The maximum atomic E-state index is 12.6. The fourth-order valence-corrected chi connectivity index (χ4v) is 3.82. The van der Waals surface area contributed by atoms with E-state index >= 15 is 0 Å². The Labute approximate surface area is 121 Å². The average molecular weight is 298 g/mol. The molecule has 0 amide bonds. The molecule has 0 aromatic heterocycles. The molecule has 1 heterocycles. The molecule has 2 rings (SSSR count). The summed E-state index contributed by atoms with van der Waals surface area (Å²) in [5.41, 5.74) is 0.945. The van der Waals surface area contributed by atoms with Crippen molar-refractivity contribution in [2.24, 2.45) is 0 Å². The second-order valence-electron chi connectivity index (χ2n) is 4.99. The minimum Gasteiger partial charge on any atom is -0.385 e. The first kappa shape index (κ1) is 15.3. The van der Waals surface area contributed by atoms with Gasteiger partial charge in [-0.25, -0.2) is 8.42 Å². The molecule has 1 aromatic carbocycles. The van der Waals surface area contributed by atoms with Gasteiger partial charge in [-0.2, -0.15) is 4.31 Å². The van der Waals surface area contributed by atoms with Crippen molar-refractivity contribution < 1.29 is 13.2 Å². The van der Waals surface area contributed by atoms with Gasteiger partial charge >= 0.3 is 0 Å². The number of hydrogen-bond donors (Lipinski definition) is 1. The van der Waals surface area contributed by atoms with Crippen LogP contribution >= 0.6 is 0 Å². The summed E-state index contributed by atoms with van der Waals surface area (Å²) in [7, 11) is -3.42. The number of nitrogens with one attached hydrogen (secondary N) is 1. The number of benzene rings is 1. The molecule has 0 spiro atoms. The van der Waals surface area contributed by atoms with Crippen molar-refractivity contribution in [3.05, 3.63) is 24.3 Å². The molecule has 1 aliphatic rings. The minimum absolute atomic E-state index is 0.119. The predicted octanol–water partition coefficient (Wildman–Crippen LogP) is 1.92. The Bertz CT molecular complexity index is 528. The van der Waals surface area contributed by atoms with Gasteiger partial charge in [-0.1, -0.05) is 6.92 Å². The van der Waals surface area contributed by atoms with E-state index < -0.39 is 10.0 Å². The SMILES string of the molecule is CCCNc1ccc(S(=O)(=O)N2CCOCC2C)cc1. The van der Waals surface area contributed by atoms with E-state index in [1.54, 1.807) is 12.1 Å². The van der Waals surface area contributed by atoms with Gasteiger partial charge in [0.15, 0.2) is 0 Å². The van der Waals surface area contributed by atoms with Gasteiger partial charge in [0.25, 0.3) is 0 Å². The van der Waals surface area contributed by atoms with Crippen LogP contribution in [0.5, 0.6) is 0 Å². The maximum Gasteiger partial charge on any atom is 0.243 e. The first-order valence-electron chi connectivity index (χ1n) is 6.99. The monoisotopic (exact) mass is 298 g/mol. The molecule has 0 saturated carbocycles. The Hall–Kier alpha value is -1.11. The highest BCUT2D eigenvalue weighted by molar-refractivity contribution is 7.89. The predicted molar refractivity (Wildman–Crippen MR) is 79.4 cm³/mol. The van der Waals surface area contributed by atoms with Crippen LogP contribution in [0.4, 0.5) is 5.69 Å². The van der Waals surface area contributed by atoms with E-state index in [0.717, 1.165) is 18.7 Å². The summed E-state index contributed by atoms with van der Waals surface area (Å²) in [6.45, 7) is 6.17. The number of nitrogens with zero attached hydrogens (tertiary/aromatic N) is 1. The van der Waals surface area contributed by atoms with Gasteiger partial charge in [-0.3, -0.25) is 0 Å².